The third-order valence-corrected chi connectivity index (χ3v) is 3.02. The Morgan fingerprint density at radius 2 is 2.05 bits per heavy atom. The van der Waals surface area contributed by atoms with Crippen LogP contribution in [0.1, 0.15) is 12.1 Å². The smallest absolute Gasteiger partial charge is 0.370 e. The van der Waals surface area contributed by atoms with Gasteiger partial charge in [0.05, 0.1) is 0 Å². The minimum absolute atomic E-state index is 0.0913. The van der Waals surface area contributed by atoms with E-state index in [1.165, 1.54) is 7.05 Å². The van der Waals surface area contributed by atoms with Gasteiger partial charge in [-0.25, -0.2) is 4.98 Å². The van der Waals surface area contributed by atoms with Gasteiger partial charge in [-0.15, -0.1) is 0 Å². The van der Waals surface area contributed by atoms with E-state index < -0.39 is 22.7 Å². The largest absolute Gasteiger partial charge is 0.433 e. The van der Waals surface area contributed by atoms with Crippen LogP contribution in [0.15, 0.2) is 6.07 Å². The standard InChI is InChI=1S/C10H15F3N4OS/c1-14-9-16-7(10(11,12)13)6-8(17-9)15-4-3-5-19(2)18/h6H,3-5H2,1-2H3,(H2,14,15,16,17). The molecule has 0 spiro atoms. The first-order valence-electron chi connectivity index (χ1n) is 5.51. The van der Waals surface area contributed by atoms with Crippen molar-refractivity contribution in [1.82, 2.24) is 9.97 Å². The molecule has 0 aliphatic heterocycles. The molecule has 5 nitrogen and oxygen atoms in total. The van der Waals surface area contributed by atoms with Gasteiger partial charge in [-0.3, -0.25) is 4.21 Å². The Kier molecular flexibility index (Phi) is 5.52. The molecule has 2 N–H and O–H groups in total. The van der Waals surface area contributed by atoms with E-state index in [2.05, 4.69) is 20.6 Å². The van der Waals surface area contributed by atoms with Gasteiger partial charge in [0, 0.05) is 42.5 Å². The quantitative estimate of drug-likeness (QED) is 0.782. The lowest BCUT2D eigenvalue weighted by Crippen LogP contribution is -2.14. The summed E-state index contributed by atoms with van der Waals surface area (Å²) in [7, 11) is 0.531. The van der Waals surface area contributed by atoms with E-state index in [4.69, 9.17) is 0 Å². The minimum atomic E-state index is -4.52. The molecule has 0 radical (unpaired) electrons. The Morgan fingerprint density at radius 3 is 2.58 bits per heavy atom. The van der Waals surface area contributed by atoms with Gasteiger partial charge < -0.3 is 10.6 Å². The summed E-state index contributed by atoms with van der Waals surface area (Å²) >= 11 is 0. The van der Waals surface area contributed by atoms with Crippen LogP contribution in [0.3, 0.4) is 0 Å². The molecule has 1 aromatic rings. The third-order valence-electron chi connectivity index (χ3n) is 2.15. The molecule has 0 aromatic carbocycles. The average Bonchev–Trinajstić information content (AvgIpc) is 2.33. The Bertz CT molecular complexity index is 453. The van der Waals surface area contributed by atoms with Gasteiger partial charge in [0.1, 0.15) is 5.82 Å². The first kappa shape index (κ1) is 15.7. The van der Waals surface area contributed by atoms with Crippen LogP contribution in [0.2, 0.25) is 0 Å². The van der Waals surface area contributed by atoms with Crippen molar-refractivity contribution in [2.75, 3.05) is 36.2 Å². The lowest BCUT2D eigenvalue weighted by Gasteiger charge is -2.11. The summed E-state index contributed by atoms with van der Waals surface area (Å²) in [5, 5.41) is 5.24. The first-order chi connectivity index (χ1) is 8.82. The zero-order valence-corrected chi connectivity index (χ0v) is 11.4. The highest BCUT2D eigenvalue weighted by Crippen LogP contribution is 2.29. The van der Waals surface area contributed by atoms with Crippen LogP contribution in [0.5, 0.6) is 0 Å². The summed E-state index contributed by atoms with van der Waals surface area (Å²) in [5.74, 6) is 0.480. The number of nitrogens with one attached hydrogen (secondary N) is 2. The molecular formula is C10H15F3N4OS. The number of hydrogen-bond acceptors (Lipinski definition) is 5. The molecule has 19 heavy (non-hydrogen) atoms. The minimum Gasteiger partial charge on any atom is -0.370 e. The highest BCUT2D eigenvalue weighted by molar-refractivity contribution is 7.84. The average molecular weight is 296 g/mol. The molecular weight excluding hydrogens is 281 g/mol. The van der Waals surface area contributed by atoms with Gasteiger partial charge in [0.15, 0.2) is 5.69 Å². The van der Waals surface area contributed by atoms with E-state index in [1.807, 2.05) is 0 Å². The molecule has 1 atom stereocenters. The molecule has 0 saturated carbocycles. The number of rotatable bonds is 6. The fourth-order valence-corrected chi connectivity index (χ4v) is 1.84. The topological polar surface area (TPSA) is 66.9 Å². The molecule has 1 unspecified atom stereocenters. The van der Waals surface area contributed by atoms with E-state index in [0.717, 1.165) is 6.07 Å². The Hall–Kier alpha value is -1.38. The fourth-order valence-electron chi connectivity index (χ4n) is 1.29. The highest BCUT2D eigenvalue weighted by Gasteiger charge is 2.33. The van der Waals surface area contributed by atoms with Crippen LogP contribution in [-0.2, 0) is 17.0 Å². The van der Waals surface area contributed by atoms with Gasteiger partial charge in [0.25, 0.3) is 0 Å². The summed E-state index contributed by atoms with van der Waals surface area (Å²) < 4.78 is 48.6. The van der Waals surface area contributed by atoms with Gasteiger partial charge in [-0.05, 0) is 6.42 Å². The predicted octanol–water partition coefficient (Wildman–Crippen LogP) is 1.72. The molecule has 9 heteroatoms. The predicted molar refractivity (Wildman–Crippen MR) is 68.6 cm³/mol. The zero-order chi connectivity index (χ0) is 14.5. The van der Waals surface area contributed by atoms with E-state index in [0.29, 0.717) is 18.7 Å². The van der Waals surface area contributed by atoms with E-state index in [9.17, 15) is 17.4 Å². The molecule has 0 bridgehead atoms. The van der Waals surface area contributed by atoms with Crippen LogP contribution in [-0.4, -0.2) is 39.8 Å². The molecule has 0 aliphatic carbocycles. The van der Waals surface area contributed by atoms with Crippen molar-refractivity contribution in [2.45, 2.75) is 12.6 Å². The second kappa shape index (κ2) is 6.69. The van der Waals surface area contributed by atoms with Crippen LogP contribution >= 0.6 is 0 Å². The molecule has 1 rings (SSSR count). The molecule has 108 valence electrons. The molecule has 1 aromatic heterocycles. The monoisotopic (exact) mass is 296 g/mol. The first-order valence-corrected chi connectivity index (χ1v) is 7.23. The number of anilines is 2. The molecule has 0 fully saturated rings. The van der Waals surface area contributed by atoms with Gasteiger partial charge in [0.2, 0.25) is 5.95 Å². The van der Waals surface area contributed by atoms with Crippen molar-refractivity contribution >= 4 is 22.6 Å². The lowest BCUT2D eigenvalue weighted by molar-refractivity contribution is -0.141. The van der Waals surface area contributed by atoms with Crippen molar-refractivity contribution < 1.29 is 17.4 Å². The van der Waals surface area contributed by atoms with Crippen LogP contribution in [0.4, 0.5) is 24.9 Å². The van der Waals surface area contributed by atoms with Gasteiger partial charge >= 0.3 is 6.18 Å². The van der Waals surface area contributed by atoms with Crippen molar-refractivity contribution in [3.8, 4) is 0 Å². The van der Waals surface area contributed by atoms with Crippen molar-refractivity contribution in [3.63, 3.8) is 0 Å². The molecule has 1 heterocycles. The van der Waals surface area contributed by atoms with E-state index >= 15 is 0 Å². The SMILES string of the molecule is CNc1nc(NCCCS(C)=O)cc(C(F)(F)F)n1. The van der Waals surface area contributed by atoms with Crippen molar-refractivity contribution in [1.29, 1.82) is 0 Å². The number of aromatic nitrogens is 2. The summed E-state index contributed by atoms with van der Waals surface area (Å²) in [5.41, 5.74) is -1.01. The maximum atomic E-state index is 12.6. The Labute approximate surface area is 111 Å². The number of hydrogen-bond donors (Lipinski definition) is 2. The van der Waals surface area contributed by atoms with Crippen LogP contribution in [0, 0.1) is 0 Å². The molecule has 0 saturated heterocycles. The highest BCUT2D eigenvalue weighted by atomic mass is 32.2. The maximum absolute atomic E-state index is 12.6. The normalized spacial score (nSPS) is 13.1. The Balaban J connectivity index is 2.74. The number of nitrogens with zero attached hydrogens (tertiary/aromatic N) is 2. The van der Waals surface area contributed by atoms with Crippen molar-refractivity contribution in [2.24, 2.45) is 0 Å². The molecule has 0 amide bonds. The summed E-state index contributed by atoms with van der Waals surface area (Å²) in [6.07, 6.45) is -2.36. The molecule has 0 aliphatic rings. The van der Waals surface area contributed by atoms with Crippen molar-refractivity contribution in [3.05, 3.63) is 11.8 Å². The van der Waals surface area contributed by atoms with Gasteiger partial charge in [-0.1, -0.05) is 0 Å². The second-order valence-corrected chi connectivity index (χ2v) is 5.32. The zero-order valence-electron chi connectivity index (χ0n) is 10.5. The number of alkyl halides is 3. The van der Waals surface area contributed by atoms with E-state index in [-0.39, 0.29) is 11.8 Å². The van der Waals surface area contributed by atoms with Crippen LogP contribution in [0.25, 0.3) is 0 Å². The maximum Gasteiger partial charge on any atom is 0.433 e. The summed E-state index contributed by atoms with van der Waals surface area (Å²) in [4.78, 5) is 7.22. The number of halogens is 3. The summed E-state index contributed by atoms with van der Waals surface area (Å²) in [6.45, 7) is 0.400. The van der Waals surface area contributed by atoms with E-state index in [1.54, 1.807) is 6.26 Å². The second-order valence-electron chi connectivity index (χ2n) is 3.77. The fraction of sp³-hybridized carbons (Fsp3) is 0.600. The van der Waals surface area contributed by atoms with Crippen LogP contribution < -0.4 is 10.6 Å². The summed E-state index contributed by atoms with van der Waals surface area (Å²) in [6, 6.07) is 0.851. The Morgan fingerprint density at radius 1 is 1.37 bits per heavy atom. The van der Waals surface area contributed by atoms with Gasteiger partial charge in [-0.2, -0.15) is 18.2 Å². The third kappa shape index (κ3) is 5.41. The lowest BCUT2D eigenvalue weighted by atomic mass is 10.3.